The van der Waals surface area contributed by atoms with E-state index < -0.39 is 5.97 Å². The average Bonchev–Trinajstić information content (AvgIpc) is 2.29. The molecule has 0 aliphatic heterocycles. The summed E-state index contributed by atoms with van der Waals surface area (Å²) in [4.78, 5) is 13.8. The number of nitrogens with zero attached hydrogens (tertiary/aromatic N) is 1. The topological polar surface area (TPSA) is 58.9 Å². The van der Waals surface area contributed by atoms with Crippen LogP contribution in [0.15, 0.2) is 35.3 Å². The van der Waals surface area contributed by atoms with E-state index in [-0.39, 0.29) is 6.54 Å². The molecule has 0 amide bonds. The van der Waals surface area contributed by atoms with Crippen LogP contribution in [-0.4, -0.2) is 30.9 Å². The Bertz CT molecular complexity index is 393. The van der Waals surface area contributed by atoms with Crippen molar-refractivity contribution >= 4 is 18.3 Å². The van der Waals surface area contributed by atoms with E-state index >= 15 is 0 Å². The Morgan fingerprint density at radius 2 is 2.12 bits per heavy atom. The highest BCUT2D eigenvalue weighted by atomic mass is 16.5. The number of carbonyl (C=O) groups is 1. The Hall–Kier alpha value is -2.10. The van der Waals surface area contributed by atoms with E-state index in [1.807, 2.05) is 30.3 Å². The molecule has 0 aliphatic rings. The molecule has 0 saturated carbocycles. The molecule has 0 atom stereocenters. The fraction of sp³-hybridized carbons (Fsp3) is 0.167. The molecule has 84 valence electrons. The summed E-state index contributed by atoms with van der Waals surface area (Å²) in [6, 6.07) is 7.52. The molecule has 0 unspecified atom stereocenters. The summed E-state index contributed by atoms with van der Waals surface area (Å²) in [5.41, 5.74) is 1.00. The summed E-state index contributed by atoms with van der Waals surface area (Å²) in [5, 5.41) is 8.34. The Balaban J connectivity index is 2.49. The van der Waals surface area contributed by atoms with Gasteiger partial charge in [-0.15, -0.1) is 0 Å². The molecule has 4 nitrogen and oxygen atoms in total. The summed E-state index contributed by atoms with van der Waals surface area (Å²) in [6.45, 7) is -0.201. The van der Waals surface area contributed by atoms with Gasteiger partial charge in [0.15, 0.2) is 0 Å². The lowest BCUT2D eigenvalue weighted by molar-refractivity contribution is -0.135. The van der Waals surface area contributed by atoms with Crippen LogP contribution in [0.5, 0.6) is 5.75 Å². The predicted molar refractivity (Wildman–Crippen MR) is 63.0 cm³/mol. The number of methoxy groups -OCH3 is 1. The normalized spacial score (nSPS) is 11.1. The third-order valence-corrected chi connectivity index (χ3v) is 1.82. The van der Waals surface area contributed by atoms with Crippen LogP contribution in [0.3, 0.4) is 0 Å². The van der Waals surface area contributed by atoms with Crippen LogP contribution in [0.2, 0.25) is 0 Å². The van der Waals surface area contributed by atoms with Gasteiger partial charge in [-0.05, 0) is 23.8 Å². The van der Waals surface area contributed by atoms with Crippen LogP contribution >= 0.6 is 0 Å². The molecular weight excluding hydrogens is 206 g/mol. The minimum absolute atomic E-state index is 0.201. The highest BCUT2D eigenvalue weighted by molar-refractivity contribution is 5.80. The zero-order valence-corrected chi connectivity index (χ0v) is 8.96. The van der Waals surface area contributed by atoms with Crippen molar-refractivity contribution in [3.05, 3.63) is 35.9 Å². The number of aliphatic imine (C=N–C) groups is 1. The maximum Gasteiger partial charge on any atom is 0.325 e. The lowest BCUT2D eigenvalue weighted by Gasteiger charge is -1.98. The standard InChI is InChI=1S/C12H13NO3/c1-16-11-6-4-10(5-7-11)3-2-8-13-9-12(14)15/h2-8H,9H2,1H3,(H,14,15)/b3-2+,13-8?. The first-order valence-corrected chi connectivity index (χ1v) is 4.74. The number of allylic oxidation sites excluding steroid dienone is 1. The zero-order valence-electron chi connectivity index (χ0n) is 8.96. The summed E-state index contributed by atoms with van der Waals surface area (Å²) < 4.78 is 5.02. The van der Waals surface area contributed by atoms with Crippen LogP contribution in [0, 0.1) is 0 Å². The molecule has 0 bridgehead atoms. The van der Waals surface area contributed by atoms with Gasteiger partial charge >= 0.3 is 5.97 Å². The first-order chi connectivity index (χ1) is 7.72. The highest BCUT2D eigenvalue weighted by Crippen LogP contribution is 2.11. The van der Waals surface area contributed by atoms with E-state index in [2.05, 4.69) is 4.99 Å². The molecule has 4 heteroatoms. The largest absolute Gasteiger partial charge is 0.497 e. The molecule has 0 aromatic heterocycles. The summed E-state index contributed by atoms with van der Waals surface area (Å²) in [7, 11) is 1.61. The Kier molecular flexibility index (Phi) is 4.79. The second-order valence-corrected chi connectivity index (χ2v) is 3.02. The Labute approximate surface area is 93.9 Å². The molecule has 0 aliphatic carbocycles. The van der Waals surface area contributed by atoms with E-state index in [1.165, 1.54) is 6.21 Å². The van der Waals surface area contributed by atoms with Crippen molar-refractivity contribution < 1.29 is 14.6 Å². The number of carboxylic acid groups (broad SMARTS) is 1. The van der Waals surface area contributed by atoms with Gasteiger partial charge < -0.3 is 9.84 Å². The third kappa shape index (κ3) is 4.41. The SMILES string of the molecule is COc1ccc(/C=C/C=NCC(=O)O)cc1. The van der Waals surface area contributed by atoms with Gasteiger partial charge in [-0.1, -0.05) is 18.2 Å². The van der Waals surface area contributed by atoms with E-state index in [1.54, 1.807) is 13.2 Å². The third-order valence-electron chi connectivity index (χ3n) is 1.82. The number of hydrogen-bond acceptors (Lipinski definition) is 3. The van der Waals surface area contributed by atoms with Crippen molar-refractivity contribution in [1.29, 1.82) is 0 Å². The minimum Gasteiger partial charge on any atom is -0.497 e. The van der Waals surface area contributed by atoms with Gasteiger partial charge in [-0.2, -0.15) is 0 Å². The first kappa shape index (κ1) is 12.0. The van der Waals surface area contributed by atoms with Gasteiger partial charge in [0.1, 0.15) is 12.3 Å². The van der Waals surface area contributed by atoms with Crippen molar-refractivity contribution in [1.82, 2.24) is 0 Å². The summed E-state index contributed by atoms with van der Waals surface area (Å²) >= 11 is 0. The van der Waals surface area contributed by atoms with Crippen LogP contribution < -0.4 is 4.74 Å². The Morgan fingerprint density at radius 3 is 2.69 bits per heavy atom. The van der Waals surface area contributed by atoms with Crippen LogP contribution in [0.4, 0.5) is 0 Å². The number of carboxylic acids is 1. The quantitative estimate of drug-likeness (QED) is 0.769. The second kappa shape index (κ2) is 6.40. The van der Waals surface area contributed by atoms with E-state index in [0.29, 0.717) is 0 Å². The minimum atomic E-state index is -0.936. The first-order valence-electron chi connectivity index (χ1n) is 4.74. The molecule has 0 spiro atoms. The molecule has 0 saturated heterocycles. The number of aliphatic carboxylic acids is 1. The zero-order chi connectivity index (χ0) is 11.8. The smallest absolute Gasteiger partial charge is 0.325 e. The van der Waals surface area contributed by atoms with Crippen molar-refractivity contribution in [2.45, 2.75) is 0 Å². The van der Waals surface area contributed by atoms with Gasteiger partial charge in [0.05, 0.1) is 7.11 Å². The summed E-state index contributed by atoms with van der Waals surface area (Å²) in [6.07, 6.45) is 5.01. The van der Waals surface area contributed by atoms with Crippen LogP contribution in [-0.2, 0) is 4.79 Å². The van der Waals surface area contributed by atoms with Crippen LogP contribution in [0.1, 0.15) is 5.56 Å². The van der Waals surface area contributed by atoms with E-state index in [0.717, 1.165) is 11.3 Å². The average molecular weight is 219 g/mol. The number of benzene rings is 1. The van der Waals surface area contributed by atoms with Gasteiger partial charge in [-0.25, -0.2) is 0 Å². The molecule has 1 aromatic rings. The predicted octanol–water partition coefficient (Wildman–Crippen LogP) is 1.86. The van der Waals surface area contributed by atoms with Gasteiger partial charge in [0, 0.05) is 6.21 Å². The molecular formula is C12H13NO3. The van der Waals surface area contributed by atoms with Crippen molar-refractivity contribution in [2.75, 3.05) is 13.7 Å². The molecule has 0 radical (unpaired) electrons. The number of ether oxygens (including phenoxy) is 1. The van der Waals surface area contributed by atoms with Crippen LogP contribution in [0.25, 0.3) is 6.08 Å². The number of rotatable bonds is 5. The monoisotopic (exact) mass is 219 g/mol. The molecule has 1 aromatic carbocycles. The molecule has 16 heavy (non-hydrogen) atoms. The van der Waals surface area contributed by atoms with Gasteiger partial charge in [0.25, 0.3) is 0 Å². The van der Waals surface area contributed by atoms with E-state index in [4.69, 9.17) is 9.84 Å². The highest BCUT2D eigenvalue weighted by Gasteiger charge is 1.90. The van der Waals surface area contributed by atoms with Crippen molar-refractivity contribution in [3.8, 4) is 5.75 Å². The number of hydrogen-bond donors (Lipinski definition) is 1. The second-order valence-electron chi connectivity index (χ2n) is 3.02. The van der Waals surface area contributed by atoms with Gasteiger partial charge in [-0.3, -0.25) is 9.79 Å². The maximum atomic E-state index is 10.2. The fourth-order valence-corrected chi connectivity index (χ4v) is 1.06. The molecule has 1 N–H and O–H groups in total. The molecule has 0 heterocycles. The summed E-state index contributed by atoms with van der Waals surface area (Å²) in [5.74, 6) is -0.134. The lowest BCUT2D eigenvalue weighted by atomic mass is 10.2. The Morgan fingerprint density at radius 1 is 1.44 bits per heavy atom. The molecule has 1 rings (SSSR count). The molecule has 0 fully saturated rings. The van der Waals surface area contributed by atoms with E-state index in [9.17, 15) is 4.79 Å². The van der Waals surface area contributed by atoms with Crippen molar-refractivity contribution in [2.24, 2.45) is 4.99 Å². The maximum absolute atomic E-state index is 10.2. The van der Waals surface area contributed by atoms with Gasteiger partial charge in [0.2, 0.25) is 0 Å². The lowest BCUT2D eigenvalue weighted by Crippen LogP contribution is -1.98. The van der Waals surface area contributed by atoms with Crippen molar-refractivity contribution in [3.63, 3.8) is 0 Å². The fourth-order valence-electron chi connectivity index (χ4n) is 1.06.